The number of hydrogen-bond donors (Lipinski definition) is 1. The molecule has 1 saturated heterocycles. The van der Waals surface area contributed by atoms with Gasteiger partial charge in [-0.2, -0.15) is 5.26 Å². The summed E-state index contributed by atoms with van der Waals surface area (Å²) < 4.78 is 0. The van der Waals surface area contributed by atoms with Gasteiger partial charge in [-0.15, -0.1) is 0 Å². The van der Waals surface area contributed by atoms with Crippen molar-refractivity contribution in [1.29, 1.82) is 5.26 Å². The Kier molecular flexibility index (Phi) is 4.20. The van der Waals surface area contributed by atoms with E-state index in [1.807, 2.05) is 29.2 Å². The number of hydrogen-bond acceptors (Lipinski definition) is 3. The van der Waals surface area contributed by atoms with Crippen LogP contribution in [0.4, 0.5) is 0 Å². The molecule has 1 N–H and O–H groups in total. The van der Waals surface area contributed by atoms with E-state index in [9.17, 15) is 10.1 Å². The highest BCUT2D eigenvalue weighted by molar-refractivity contribution is 5.85. The zero-order chi connectivity index (χ0) is 17.3. The lowest BCUT2D eigenvalue weighted by Crippen LogP contribution is -2.47. The first-order chi connectivity index (χ1) is 12.2. The summed E-state index contributed by atoms with van der Waals surface area (Å²) in [4.78, 5) is 23.0. The van der Waals surface area contributed by atoms with E-state index in [4.69, 9.17) is 4.98 Å². The Morgan fingerprint density at radius 2 is 1.92 bits per heavy atom. The summed E-state index contributed by atoms with van der Waals surface area (Å²) in [5.74, 6) is 1.46. The van der Waals surface area contributed by atoms with Crippen LogP contribution in [0.3, 0.4) is 0 Å². The molecule has 0 spiro atoms. The molecule has 1 aromatic heterocycles. The van der Waals surface area contributed by atoms with Gasteiger partial charge in [-0.05, 0) is 37.8 Å². The first kappa shape index (κ1) is 16.1. The fourth-order valence-electron chi connectivity index (χ4n) is 4.35. The maximum atomic E-state index is 13.0. The first-order valence-corrected chi connectivity index (χ1v) is 9.37. The normalized spacial score (nSPS) is 21.2. The summed E-state index contributed by atoms with van der Waals surface area (Å²) >= 11 is 0. The molecule has 2 heterocycles. The fourth-order valence-corrected chi connectivity index (χ4v) is 4.35. The zero-order valence-electron chi connectivity index (χ0n) is 14.5. The zero-order valence-corrected chi connectivity index (χ0v) is 14.5. The average Bonchev–Trinajstić information content (AvgIpc) is 3.12. The molecule has 1 amide bonds. The number of rotatable bonds is 2. The smallest absolute Gasteiger partial charge is 0.243 e. The van der Waals surface area contributed by atoms with E-state index in [2.05, 4.69) is 11.1 Å². The number of benzene rings is 1. The van der Waals surface area contributed by atoms with E-state index >= 15 is 0 Å². The summed E-state index contributed by atoms with van der Waals surface area (Å²) in [5.41, 5.74) is 1.31. The van der Waals surface area contributed by atoms with Crippen LogP contribution in [-0.2, 0) is 4.79 Å². The number of nitrogens with zero attached hydrogens (tertiary/aromatic N) is 3. The van der Waals surface area contributed by atoms with Gasteiger partial charge in [0.15, 0.2) is 0 Å². The van der Waals surface area contributed by atoms with Crippen molar-refractivity contribution in [3.8, 4) is 6.07 Å². The third kappa shape index (κ3) is 2.90. The van der Waals surface area contributed by atoms with Gasteiger partial charge in [0.25, 0.3) is 0 Å². The quantitative estimate of drug-likeness (QED) is 0.908. The van der Waals surface area contributed by atoms with E-state index < -0.39 is 5.41 Å². The number of aromatic nitrogens is 2. The van der Waals surface area contributed by atoms with Crippen molar-refractivity contribution >= 4 is 16.9 Å². The van der Waals surface area contributed by atoms with E-state index in [-0.39, 0.29) is 5.91 Å². The van der Waals surface area contributed by atoms with Gasteiger partial charge in [-0.1, -0.05) is 31.4 Å². The molecule has 0 unspecified atom stereocenters. The molecule has 1 saturated carbocycles. The molecule has 4 rings (SSSR count). The molecule has 1 aliphatic heterocycles. The molecule has 5 nitrogen and oxygen atoms in total. The van der Waals surface area contributed by atoms with Crippen molar-refractivity contribution < 1.29 is 4.79 Å². The number of carbonyl (C=O) groups excluding carboxylic acids is 1. The predicted molar refractivity (Wildman–Crippen MR) is 95.8 cm³/mol. The molecule has 25 heavy (non-hydrogen) atoms. The second-order valence-corrected chi connectivity index (χ2v) is 7.46. The van der Waals surface area contributed by atoms with Crippen LogP contribution in [-0.4, -0.2) is 33.9 Å². The Balaban J connectivity index is 1.44. The fraction of sp³-hybridized carbons (Fsp3) is 0.550. The lowest BCUT2D eigenvalue weighted by atomic mass is 9.74. The van der Waals surface area contributed by atoms with E-state index in [1.54, 1.807) is 0 Å². The van der Waals surface area contributed by atoms with Gasteiger partial charge >= 0.3 is 0 Å². The molecule has 2 aromatic rings. The molecule has 1 aromatic carbocycles. The minimum atomic E-state index is -0.759. The van der Waals surface area contributed by atoms with Crippen LogP contribution in [0.15, 0.2) is 24.3 Å². The molecule has 0 radical (unpaired) electrons. The monoisotopic (exact) mass is 336 g/mol. The number of para-hydroxylation sites is 2. The minimum absolute atomic E-state index is 0.0674. The van der Waals surface area contributed by atoms with Gasteiger partial charge < -0.3 is 9.88 Å². The Morgan fingerprint density at radius 3 is 2.60 bits per heavy atom. The number of nitrogens with one attached hydrogen (secondary N) is 1. The second-order valence-electron chi connectivity index (χ2n) is 7.46. The maximum absolute atomic E-state index is 13.0. The molecule has 2 aliphatic rings. The molecular weight excluding hydrogens is 312 g/mol. The summed E-state index contributed by atoms with van der Waals surface area (Å²) in [7, 11) is 0. The maximum Gasteiger partial charge on any atom is 0.243 e. The van der Waals surface area contributed by atoms with Gasteiger partial charge in [0.2, 0.25) is 5.91 Å². The SMILES string of the molecule is N#CC1(C(=O)N2CCC(c3nc4ccccc4[nH]3)CC2)CCCCC1. The van der Waals surface area contributed by atoms with Crippen LogP contribution in [0, 0.1) is 16.7 Å². The molecule has 5 heteroatoms. The topological polar surface area (TPSA) is 72.8 Å². The number of amides is 1. The summed E-state index contributed by atoms with van der Waals surface area (Å²) in [6.45, 7) is 1.45. The van der Waals surface area contributed by atoms with Gasteiger partial charge in [-0.25, -0.2) is 4.98 Å². The summed E-state index contributed by atoms with van der Waals surface area (Å²) in [5, 5.41) is 9.64. The minimum Gasteiger partial charge on any atom is -0.342 e. The summed E-state index contributed by atoms with van der Waals surface area (Å²) in [6.07, 6.45) is 6.41. The van der Waals surface area contributed by atoms with Crippen molar-refractivity contribution in [2.45, 2.75) is 50.9 Å². The number of imidazole rings is 1. The molecule has 2 fully saturated rings. The number of carbonyl (C=O) groups is 1. The van der Waals surface area contributed by atoms with Crippen molar-refractivity contribution in [1.82, 2.24) is 14.9 Å². The standard InChI is InChI=1S/C20H24N4O/c21-14-20(10-4-1-5-11-20)19(25)24-12-8-15(9-13-24)18-22-16-6-2-3-7-17(16)23-18/h2-3,6-7,15H,1,4-5,8-13H2,(H,22,23). The third-order valence-electron chi connectivity index (χ3n) is 5.91. The number of fused-ring (bicyclic) bond motifs is 1. The van der Waals surface area contributed by atoms with Crippen LogP contribution in [0.25, 0.3) is 11.0 Å². The number of nitriles is 1. The lowest BCUT2D eigenvalue weighted by molar-refractivity contribution is -0.141. The summed E-state index contributed by atoms with van der Waals surface area (Å²) in [6, 6.07) is 10.4. The van der Waals surface area contributed by atoms with Crippen molar-refractivity contribution in [3.63, 3.8) is 0 Å². The highest BCUT2D eigenvalue weighted by atomic mass is 16.2. The van der Waals surface area contributed by atoms with Crippen LogP contribution >= 0.6 is 0 Å². The molecule has 1 aliphatic carbocycles. The van der Waals surface area contributed by atoms with Crippen LogP contribution in [0.5, 0.6) is 0 Å². The highest BCUT2D eigenvalue weighted by Gasteiger charge is 2.43. The average molecular weight is 336 g/mol. The number of H-pyrrole nitrogens is 1. The van der Waals surface area contributed by atoms with Crippen LogP contribution in [0.2, 0.25) is 0 Å². The molecule has 0 atom stereocenters. The number of aromatic amines is 1. The van der Waals surface area contributed by atoms with Gasteiger partial charge in [0, 0.05) is 19.0 Å². The van der Waals surface area contributed by atoms with Gasteiger partial charge in [0.1, 0.15) is 11.2 Å². The Hall–Kier alpha value is -2.35. The van der Waals surface area contributed by atoms with Crippen LogP contribution in [0.1, 0.15) is 56.7 Å². The van der Waals surface area contributed by atoms with Crippen molar-refractivity contribution in [3.05, 3.63) is 30.1 Å². The number of piperidine rings is 1. The van der Waals surface area contributed by atoms with E-state index in [0.29, 0.717) is 5.92 Å². The predicted octanol–water partition coefficient (Wildman–Crippen LogP) is 3.74. The largest absolute Gasteiger partial charge is 0.342 e. The van der Waals surface area contributed by atoms with Crippen molar-refractivity contribution in [2.75, 3.05) is 13.1 Å². The Labute approximate surface area is 148 Å². The van der Waals surface area contributed by atoms with Crippen molar-refractivity contribution in [2.24, 2.45) is 5.41 Å². The van der Waals surface area contributed by atoms with E-state index in [1.165, 1.54) is 0 Å². The molecule has 130 valence electrons. The third-order valence-corrected chi connectivity index (χ3v) is 5.91. The van der Waals surface area contributed by atoms with Gasteiger partial charge in [-0.3, -0.25) is 4.79 Å². The van der Waals surface area contributed by atoms with Crippen LogP contribution < -0.4 is 0 Å². The Bertz CT molecular complexity index is 771. The second kappa shape index (κ2) is 6.51. The lowest BCUT2D eigenvalue weighted by Gasteiger charge is -2.38. The molecule has 0 bridgehead atoms. The first-order valence-electron chi connectivity index (χ1n) is 9.37. The highest BCUT2D eigenvalue weighted by Crippen LogP contribution is 2.39. The van der Waals surface area contributed by atoms with E-state index in [0.717, 1.165) is 74.9 Å². The van der Waals surface area contributed by atoms with Gasteiger partial charge in [0.05, 0.1) is 17.1 Å². The number of likely N-dealkylation sites (tertiary alicyclic amines) is 1. The molecular formula is C20H24N4O. The Morgan fingerprint density at radius 1 is 1.20 bits per heavy atom.